The highest BCUT2D eigenvalue weighted by Gasteiger charge is 2.25. The van der Waals surface area contributed by atoms with Gasteiger partial charge in [-0.15, -0.1) is 0 Å². The topological polar surface area (TPSA) is 36.9 Å². The van der Waals surface area contributed by atoms with Crippen LogP contribution in [0.2, 0.25) is 0 Å². The van der Waals surface area contributed by atoms with E-state index in [1.54, 1.807) is 0 Å². The van der Waals surface area contributed by atoms with Gasteiger partial charge in [-0.3, -0.25) is 4.99 Å². The number of ether oxygens (including phenoxy) is 1. The van der Waals surface area contributed by atoms with Crippen molar-refractivity contribution in [2.24, 2.45) is 4.99 Å². The van der Waals surface area contributed by atoms with E-state index in [1.807, 2.05) is 13.1 Å². The van der Waals surface area contributed by atoms with Gasteiger partial charge < -0.3 is 15.0 Å². The molecule has 0 spiro atoms. The minimum absolute atomic E-state index is 0.608. The first-order chi connectivity index (χ1) is 13.4. The van der Waals surface area contributed by atoms with Crippen LogP contribution in [0.3, 0.4) is 0 Å². The minimum Gasteiger partial charge on any atom is -0.377 e. The van der Waals surface area contributed by atoms with Crippen molar-refractivity contribution in [2.75, 3.05) is 33.3 Å². The van der Waals surface area contributed by atoms with Gasteiger partial charge in [0.15, 0.2) is 5.96 Å². The van der Waals surface area contributed by atoms with Crippen LogP contribution < -0.4 is 5.32 Å². The number of nitrogens with zero attached hydrogens (tertiary/aromatic N) is 2. The molecule has 27 heavy (non-hydrogen) atoms. The summed E-state index contributed by atoms with van der Waals surface area (Å²) in [5.41, 5.74) is 2.67. The highest BCUT2D eigenvalue weighted by atomic mass is 16.5. The highest BCUT2D eigenvalue weighted by Crippen LogP contribution is 2.26. The van der Waals surface area contributed by atoms with Gasteiger partial charge >= 0.3 is 0 Å². The number of unbranched alkanes of at least 4 members (excludes halogenated alkanes) is 1. The van der Waals surface area contributed by atoms with E-state index < -0.39 is 0 Å². The molecule has 1 unspecified atom stereocenters. The number of hydrogen-bond donors (Lipinski definition) is 1. The van der Waals surface area contributed by atoms with Gasteiger partial charge in [-0.2, -0.15) is 0 Å². The first-order valence-electron chi connectivity index (χ1n) is 9.99. The predicted molar refractivity (Wildman–Crippen MR) is 112 cm³/mol. The summed E-state index contributed by atoms with van der Waals surface area (Å²) in [7, 11) is 1.88. The van der Waals surface area contributed by atoms with Gasteiger partial charge in [0.2, 0.25) is 0 Å². The van der Waals surface area contributed by atoms with Crippen molar-refractivity contribution < 1.29 is 4.74 Å². The summed E-state index contributed by atoms with van der Waals surface area (Å²) in [5, 5.41) is 3.51. The quantitative estimate of drug-likeness (QED) is 0.436. The van der Waals surface area contributed by atoms with Crippen LogP contribution in [0.1, 0.15) is 36.3 Å². The van der Waals surface area contributed by atoms with E-state index in [0.29, 0.717) is 12.5 Å². The summed E-state index contributed by atoms with van der Waals surface area (Å²) < 4.78 is 5.75. The van der Waals surface area contributed by atoms with Gasteiger partial charge in [0, 0.05) is 39.2 Å². The van der Waals surface area contributed by atoms with Crippen molar-refractivity contribution in [3.8, 4) is 0 Å². The molecule has 3 rings (SSSR count). The lowest BCUT2D eigenvalue weighted by atomic mass is 9.99. The van der Waals surface area contributed by atoms with Crippen LogP contribution in [0, 0.1) is 0 Å². The lowest BCUT2D eigenvalue weighted by molar-refractivity contribution is 0.117. The van der Waals surface area contributed by atoms with Crippen molar-refractivity contribution >= 4 is 5.96 Å². The third-order valence-electron chi connectivity index (χ3n) is 5.08. The molecule has 0 aliphatic carbocycles. The smallest absolute Gasteiger partial charge is 0.193 e. The Hall–Kier alpha value is -2.33. The van der Waals surface area contributed by atoms with Crippen molar-refractivity contribution in [1.29, 1.82) is 0 Å². The second-order valence-electron chi connectivity index (χ2n) is 7.06. The first-order valence-corrected chi connectivity index (χ1v) is 9.99. The Bertz CT molecular complexity index is 687. The fraction of sp³-hybridized carbons (Fsp3) is 0.435. The van der Waals surface area contributed by atoms with Crippen LogP contribution in [0.5, 0.6) is 0 Å². The van der Waals surface area contributed by atoms with E-state index in [4.69, 9.17) is 4.74 Å². The Morgan fingerprint density at radius 1 is 1.07 bits per heavy atom. The number of guanidine groups is 1. The zero-order valence-electron chi connectivity index (χ0n) is 16.3. The molecular formula is C23H31N3O. The van der Waals surface area contributed by atoms with Gasteiger partial charge in [-0.25, -0.2) is 0 Å². The largest absolute Gasteiger partial charge is 0.377 e. The molecule has 1 atom stereocenters. The molecule has 4 heteroatoms. The van der Waals surface area contributed by atoms with Crippen LogP contribution >= 0.6 is 0 Å². The molecule has 0 aromatic heterocycles. The van der Waals surface area contributed by atoms with Crippen LogP contribution in [-0.2, 0) is 11.3 Å². The number of nitrogens with one attached hydrogen (secondary N) is 1. The fourth-order valence-corrected chi connectivity index (χ4v) is 3.58. The van der Waals surface area contributed by atoms with Crippen molar-refractivity contribution in [3.63, 3.8) is 0 Å². The summed E-state index contributed by atoms with van der Waals surface area (Å²) in [6.07, 6.45) is 3.34. The molecule has 1 heterocycles. The molecule has 2 aromatic rings. The van der Waals surface area contributed by atoms with Crippen molar-refractivity contribution in [2.45, 2.75) is 31.8 Å². The Morgan fingerprint density at radius 2 is 1.81 bits per heavy atom. The predicted octanol–water partition coefficient (Wildman–Crippen LogP) is 4.05. The van der Waals surface area contributed by atoms with Gasteiger partial charge in [0.1, 0.15) is 0 Å². The molecule has 1 aliphatic heterocycles. The van der Waals surface area contributed by atoms with Crippen molar-refractivity contribution in [3.05, 3.63) is 71.8 Å². The Labute approximate surface area is 163 Å². The van der Waals surface area contributed by atoms with E-state index in [0.717, 1.165) is 45.0 Å². The molecular weight excluding hydrogens is 334 g/mol. The number of benzene rings is 2. The summed E-state index contributed by atoms with van der Waals surface area (Å²) in [6, 6.07) is 21.2. The summed E-state index contributed by atoms with van der Waals surface area (Å²) in [4.78, 5) is 6.85. The van der Waals surface area contributed by atoms with Crippen LogP contribution in [0.25, 0.3) is 0 Å². The summed E-state index contributed by atoms with van der Waals surface area (Å²) >= 11 is 0. The maximum atomic E-state index is 5.75. The van der Waals surface area contributed by atoms with Gasteiger partial charge in [0.25, 0.3) is 0 Å². The molecule has 4 nitrogen and oxygen atoms in total. The van der Waals surface area contributed by atoms with Gasteiger partial charge in [-0.1, -0.05) is 60.7 Å². The molecule has 2 aromatic carbocycles. The number of likely N-dealkylation sites (tertiary alicyclic amines) is 1. The molecule has 1 saturated heterocycles. The molecule has 0 bridgehead atoms. The van der Waals surface area contributed by atoms with E-state index in [2.05, 4.69) is 69.8 Å². The summed E-state index contributed by atoms with van der Waals surface area (Å²) in [6.45, 7) is 4.55. The van der Waals surface area contributed by atoms with Crippen LogP contribution in [0.15, 0.2) is 65.7 Å². The SMILES string of the molecule is CN=C(NCCCCOCc1ccccc1)N1CCC(c2ccccc2)C1. The highest BCUT2D eigenvalue weighted by molar-refractivity contribution is 5.80. The summed E-state index contributed by atoms with van der Waals surface area (Å²) in [5.74, 6) is 1.63. The Morgan fingerprint density at radius 3 is 2.56 bits per heavy atom. The standard InChI is InChI=1S/C23H31N3O/c1-24-23(26-16-14-22(18-26)21-12-6-3-7-13-21)25-15-8-9-17-27-19-20-10-4-2-5-11-20/h2-7,10-13,22H,8-9,14-19H2,1H3,(H,24,25). The number of aliphatic imine (C=N–C) groups is 1. The molecule has 0 radical (unpaired) electrons. The maximum absolute atomic E-state index is 5.75. The van der Waals surface area contributed by atoms with Crippen LogP contribution in [-0.4, -0.2) is 44.1 Å². The Balaban J connectivity index is 1.30. The maximum Gasteiger partial charge on any atom is 0.193 e. The molecule has 144 valence electrons. The zero-order valence-corrected chi connectivity index (χ0v) is 16.3. The molecule has 0 amide bonds. The van der Waals surface area contributed by atoms with Gasteiger partial charge in [-0.05, 0) is 30.4 Å². The number of hydrogen-bond acceptors (Lipinski definition) is 2. The monoisotopic (exact) mass is 365 g/mol. The van der Waals surface area contributed by atoms with Gasteiger partial charge in [0.05, 0.1) is 6.61 Å². The van der Waals surface area contributed by atoms with Crippen molar-refractivity contribution in [1.82, 2.24) is 10.2 Å². The second-order valence-corrected chi connectivity index (χ2v) is 7.06. The molecule has 1 N–H and O–H groups in total. The second kappa shape index (κ2) is 10.7. The number of rotatable bonds is 8. The van der Waals surface area contributed by atoms with E-state index in [9.17, 15) is 0 Å². The average molecular weight is 366 g/mol. The molecule has 0 saturated carbocycles. The first kappa shape index (κ1) is 19.4. The van der Waals surface area contributed by atoms with E-state index in [1.165, 1.54) is 17.5 Å². The molecule has 1 fully saturated rings. The zero-order chi connectivity index (χ0) is 18.7. The lowest BCUT2D eigenvalue weighted by Gasteiger charge is -2.21. The Kier molecular flexibility index (Phi) is 7.72. The lowest BCUT2D eigenvalue weighted by Crippen LogP contribution is -2.40. The normalized spacial score (nSPS) is 17.3. The van der Waals surface area contributed by atoms with E-state index >= 15 is 0 Å². The average Bonchev–Trinajstić information content (AvgIpc) is 3.21. The third kappa shape index (κ3) is 6.10. The minimum atomic E-state index is 0.608. The third-order valence-corrected chi connectivity index (χ3v) is 5.08. The van der Waals surface area contributed by atoms with Crippen LogP contribution in [0.4, 0.5) is 0 Å². The van der Waals surface area contributed by atoms with E-state index in [-0.39, 0.29) is 0 Å². The fourth-order valence-electron chi connectivity index (χ4n) is 3.58. The molecule has 1 aliphatic rings.